The number of para-hydroxylation sites is 1. The molecule has 3 aromatic rings. The van der Waals surface area contributed by atoms with Crippen molar-refractivity contribution in [3.8, 4) is 11.5 Å². The molecule has 2 aromatic heterocycles. The van der Waals surface area contributed by atoms with Gasteiger partial charge in [-0.25, -0.2) is 4.68 Å². The van der Waals surface area contributed by atoms with Gasteiger partial charge >= 0.3 is 5.97 Å². The van der Waals surface area contributed by atoms with Crippen molar-refractivity contribution in [1.82, 2.24) is 14.3 Å². The molecule has 3 rings (SSSR count). The van der Waals surface area contributed by atoms with Crippen LogP contribution in [-0.2, 0) is 4.79 Å². The molecule has 5 heteroatoms. The van der Waals surface area contributed by atoms with Gasteiger partial charge in [0.05, 0.1) is 17.8 Å². The highest BCUT2D eigenvalue weighted by Crippen LogP contribution is 2.26. The summed E-state index contributed by atoms with van der Waals surface area (Å²) in [6, 6.07) is 13.5. The molecule has 0 amide bonds. The highest BCUT2D eigenvalue weighted by Gasteiger charge is 2.23. The third-order valence-electron chi connectivity index (χ3n) is 3.46. The van der Waals surface area contributed by atoms with E-state index in [0.29, 0.717) is 5.56 Å². The van der Waals surface area contributed by atoms with E-state index in [1.165, 1.54) is 0 Å². The molecule has 5 nitrogen and oxygen atoms in total. The van der Waals surface area contributed by atoms with Crippen molar-refractivity contribution < 1.29 is 9.90 Å². The Hall–Kier alpha value is -2.82. The first-order chi connectivity index (χ1) is 10.2. The normalized spacial score (nSPS) is 12.2. The molecule has 0 aliphatic carbocycles. The maximum absolute atomic E-state index is 11.3. The number of aliphatic carboxylic acids is 1. The predicted octanol–water partition coefficient (Wildman–Crippen LogP) is 2.85. The Morgan fingerprint density at radius 3 is 2.43 bits per heavy atom. The molecule has 106 valence electrons. The van der Waals surface area contributed by atoms with Crippen LogP contribution in [-0.4, -0.2) is 25.4 Å². The van der Waals surface area contributed by atoms with Crippen molar-refractivity contribution in [2.45, 2.75) is 12.8 Å². The Morgan fingerprint density at radius 2 is 1.81 bits per heavy atom. The second-order valence-corrected chi connectivity index (χ2v) is 4.82. The van der Waals surface area contributed by atoms with E-state index in [0.717, 1.165) is 11.5 Å². The van der Waals surface area contributed by atoms with Gasteiger partial charge in [-0.05, 0) is 31.2 Å². The predicted molar refractivity (Wildman–Crippen MR) is 78.9 cm³/mol. The Bertz CT molecular complexity index is 745. The molecule has 0 radical (unpaired) electrons. The molecule has 0 aliphatic heterocycles. The molecule has 0 aliphatic rings. The summed E-state index contributed by atoms with van der Waals surface area (Å²) in [7, 11) is 0. The summed E-state index contributed by atoms with van der Waals surface area (Å²) in [5.41, 5.74) is 1.58. The molecular weight excluding hydrogens is 266 g/mol. The smallest absolute Gasteiger partial charge is 0.310 e. The molecule has 0 fully saturated rings. The number of carbonyl (C=O) groups is 1. The molecule has 0 bridgehead atoms. The van der Waals surface area contributed by atoms with Crippen LogP contribution in [0.25, 0.3) is 11.5 Å². The molecule has 0 spiro atoms. The topological polar surface area (TPSA) is 60.0 Å². The monoisotopic (exact) mass is 281 g/mol. The number of benzene rings is 1. The van der Waals surface area contributed by atoms with E-state index < -0.39 is 11.9 Å². The van der Waals surface area contributed by atoms with Gasteiger partial charge in [-0.15, -0.1) is 0 Å². The molecule has 21 heavy (non-hydrogen) atoms. The quantitative estimate of drug-likeness (QED) is 0.800. The van der Waals surface area contributed by atoms with Gasteiger partial charge in [0.15, 0.2) is 0 Å². The van der Waals surface area contributed by atoms with Crippen molar-refractivity contribution >= 4 is 5.97 Å². The van der Waals surface area contributed by atoms with Crippen LogP contribution in [0, 0.1) is 0 Å². The zero-order chi connectivity index (χ0) is 14.8. The van der Waals surface area contributed by atoms with Crippen LogP contribution >= 0.6 is 0 Å². The minimum absolute atomic E-state index is 0.625. The average molecular weight is 281 g/mol. The zero-order valence-corrected chi connectivity index (χ0v) is 11.5. The van der Waals surface area contributed by atoms with E-state index in [9.17, 15) is 9.90 Å². The van der Waals surface area contributed by atoms with E-state index in [1.54, 1.807) is 17.8 Å². The molecule has 1 aromatic carbocycles. The lowest BCUT2D eigenvalue weighted by Gasteiger charge is -2.12. The van der Waals surface area contributed by atoms with E-state index in [-0.39, 0.29) is 0 Å². The molecule has 1 N–H and O–H groups in total. The van der Waals surface area contributed by atoms with Crippen molar-refractivity contribution in [3.05, 3.63) is 66.6 Å². The largest absolute Gasteiger partial charge is 0.481 e. The second kappa shape index (κ2) is 5.28. The Kier molecular flexibility index (Phi) is 3.31. The van der Waals surface area contributed by atoms with E-state index in [1.807, 2.05) is 59.4 Å². The van der Waals surface area contributed by atoms with Gasteiger partial charge in [0.1, 0.15) is 5.82 Å². The van der Waals surface area contributed by atoms with Gasteiger partial charge in [0.25, 0.3) is 0 Å². The van der Waals surface area contributed by atoms with Crippen LogP contribution in [0.5, 0.6) is 0 Å². The third kappa shape index (κ3) is 2.33. The van der Waals surface area contributed by atoms with Crippen molar-refractivity contribution in [2.24, 2.45) is 0 Å². The Labute approximate surface area is 122 Å². The maximum atomic E-state index is 11.3. The van der Waals surface area contributed by atoms with E-state index in [2.05, 4.69) is 5.10 Å². The number of rotatable bonds is 4. The number of aromatic nitrogens is 3. The summed E-state index contributed by atoms with van der Waals surface area (Å²) in [5, 5.41) is 13.7. The van der Waals surface area contributed by atoms with Crippen molar-refractivity contribution in [1.29, 1.82) is 0 Å². The maximum Gasteiger partial charge on any atom is 0.310 e. The average Bonchev–Trinajstić information content (AvgIpc) is 3.16. The van der Waals surface area contributed by atoms with Crippen molar-refractivity contribution in [2.75, 3.05) is 0 Å². The lowest BCUT2D eigenvalue weighted by atomic mass is 10.0. The lowest BCUT2D eigenvalue weighted by molar-refractivity contribution is -0.138. The third-order valence-corrected chi connectivity index (χ3v) is 3.46. The van der Waals surface area contributed by atoms with Gasteiger partial charge in [-0.2, -0.15) is 5.10 Å². The van der Waals surface area contributed by atoms with Gasteiger partial charge < -0.3 is 9.67 Å². The van der Waals surface area contributed by atoms with E-state index in [4.69, 9.17) is 0 Å². The first kappa shape index (κ1) is 13.2. The van der Waals surface area contributed by atoms with Gasteiger partial charge in [0.2, 0.25) is 0 Å². The van der Waals surface area contributed by atoms with Crippen LogP contribution < -0.4 is 0 Å². The molecular formula is C16H15N3O2. The van der Waals surface area contributed by atoms with Crippen molar-refractivity contribution in [3.63, 3.8) is 0 Å². The Morgan fingerprint density at radius 1 is 1.14 bits per heavy atom. The molecule has 0 unspecified atom stereocenters. The van der Waals surface area contributed by atoms with Crippen LogP contribution in [0.4, 0.5) is 0 Å². The van der Waals surface area contributed by atoms with Gasteiger partial charge in [-0.3, -0.25) is 4.79 Å². The first-order valence-corrected chi connectivity index (χ1v) is 6.68. The SMILES string of the molecule is C[C@@H](C(=O)O)c1cnn(-c2ccccc2)c1-n1cccc1. The number of nitrogens with zero attached hydrogens (tertiary/aromatic N) is 3. The molecule has 1 atom stereocenters. The molecule has 2 heterocycles. The summed E-state index contributed by atoms with van der Waals surface area (Å²) in [4.78, 5) is 11.3. The Balaban J connectivity index is 2.21. The van der Waals surface area contributed by atoms with Crippen LogP contribution in [0.2, 0.25) is 0 Å². The first-order valence-electron chi connectivity index (χ1n) is 6.68. The van der Waals surface area contributed by atoms with Crippen LogP contribution in [0.15, 0.2) is 61.1 Å². The fourth-order valence-corrected chi connectivity index (χ4v) is 2.29. The molecule has 0 saturated heterocycles. The summed E-state index contributed by atoms with van der Waals surface area (Å²) in [6.07, 6.45) is 5.39. The van der Waals surface area contributed by atoms with Crippen LogP contribution in [0.3, 0.4) is 0 Å². The fraction of sp³-hybridized carbons (Fsp3) is 0.125. The van der Waals surface area contributed by atoms with Crippen LogP contribution in [0.1, 0.15) is 18.4 Å². The van der Waals surface area contributed by atoms with Gasteiger partial charge in [0, 0.05) is 18.0 Å². The number of carboxylic acid groups (broad SMARTS) is 1. The lowest BCUT2D eigenvalue weighted by Crippen LogP contribution is -2.11. The molecule has 0 saturated carbocycles. The zero-order valence-electron chi connectivity index (χ0n) is 11.5. The van der Waals surface area contributed by atoms with E-state index >= 15 is 0 Å². The number of hydrogen-bond donors (Lipinski definition) is 1. The summed E-state index contributed by atoms with van der Waals surface area (Å²) in [5.74, 6) is -0.739. The highest BCUT2D eigenvalue weighted by molar-refractivity contribution is 5.77. The van der Waals surface area contributed by atoms with Gasteiger partial charge in [-0.1, -0.05) is 18.2 Å². The standard InChI is InChI=1S/C16H15N3O2/c1-12(16(20)21)14-11-17-19(13-7-3-2-4-8-13)15(14)18-9-5-6-10-18/h2-12H,1H3,(H,20,21)/t12-/m1/s1. The number of carboxylic acids is 1. The number of hydrogen-bond acceptors (Lipinski definition) is 2. The fourth-order valence-electron chi connectivity index (χ4n) is 2.29. The minimum atomic E-state index is -0.865. The highest BCUT2D eigenvalue weighted by atomic mass is 16.4. The summed E-state index contributed by atoms with van der Waals surface area (Å²) < 4.78 is 3.64. The second-order valence-electron chi connectivity index (χ2n) is 4.82. The summed E-state index contributed by atoms with van der Waals surface area (Å²) >= 11 is 0. The minimum Gasteiger partial charge on any atom is -0.481 e. The summed E-state index contributed by atoms with van der Waals surface area (Å²) in [6.45, 7) is 1.67.